The fourth-order valence-electron chi connectivity index (χ4n) is 2.27. The molecule has 1 aromatic heterocycles. The zero-order valence-electron chi connectivity index (χ0n) is 13.4. The Labute approximate surface area is 131 Å². The highest BCUT2D eigenvalue weighted by atomic mass is 16.5. The maximum atomic E-state index is 12.0. The van der Waals surface area contributed by atoms with E-state index < -0.39 is 0 Å². The van der Waals surface area contributed by atoms with Crippen molar-refractivity contribution in [2.24, 2.45) is 5.92 Å². The minimum absolute atomic E-state index is 0.00291. The fraction of sp³-hybridized carbons (Fsp3) is 0.471. The number of hydrogen-bond acceptors (Lipinski definition) is 4. The third-order valence-corrected chi connectivity index (χ3v) is 3.60. The number of aromatic nitrogens is 2. The molecule has 2 aromatic rings. The van der Waals surface area contributed by atoms with Gasteiger partial charge in [0.1, 0.15) is 0 Å². The van der Waals surface area contributed by atoms with E-state index in [1.165, 1.54) is 0 Å². The van der Waals surface area contributed by atoms with Gasteiger partial charge in [-0.15, -0.1) is 0 Å². The minimum atomic E-state index is -0.250. The van der Waals surface area contributed by atoms with Crippen molar-refractivity contribution >= 4 is 5.91 Å². The maximum absolute atomic E-state index is 12.0. The number of nitrogens with zero attached hydrogens (tertiary/aromatic N) is 2. The van der Waals surface area contributed by atoms with Crippen molar-refractivity contribution in [2.75, 3.05) is 0 Å². The Morgan fingerprint density at radius 3 is 2.68 bits per heavy atom. The standard InChI is InChI=1S/C17H23N3O2/c1-4-8-12(2)17(21)18-13(3)16-19-15(22-20-16)11-14-9-6-5-7-10-14/h5-7,9-10,12-13H,4,8,11H2,1-3H3,(H,18,21). The lowest BCUT2D eigenvalue weighted by atomic mass is 10.1. The predicted octanol–water partition coefficient (Wildman–Crippen LogP) is 3.27. The second-order valence-corrected chi connectivity index (χ2v) is 5.63. The summed E-state index contributed by atoms with van der Waals surface area (Å²) in [5.41, 5.74) is 1.12. The molecule has 0 spiro atoms. The lowest BCUT2D eigenvalue weighted by Crippen LogP contribution is -2.32. The second kappa shape index (κ2) is 7.73. The van der Waals surface area contributed by atoms with Gasteiger partial charge in [0.25, 0.3) is 0 Å². The summed E-state index contributed by atoms with van der Waals surface area (Å²) in [6.45, 7) is 5.87. The lowest BCUT2D eigenvalue weighted by Gasteiger charge is -2.14. The Kier molecular flexibility index (Phi) is 5.69. The SMILES string of the molecule is CCCC(C)C(=O)NC(C)c1noc(Cc2ccccc2)n1. The molecular formula is C17H23N3O2. The molecule has 0 aliphatic rings. The average Bonchev–Trinajstić information content (AvgIpc) is 2.97. The first-order valence-electron chi connectivity index (χ1n) is 7.77. The Hall–Kier alpha value is -2.17. The first kappa shape index (κ1) is 16.2. The molecule has 0 fully saturated rings. The molecule has 2 unspecified atom stereocenters. The molecule has 0 saturated carbocycles. The van der Waals surface area contributed by atoms with Gasteiger partial charge >= 0.3 is 0 Å². The minimum Gasteiger partial charge on any atom is -0.346 e. The van der Waals surface area contributed by atoms with Gasteiger partial charge in [0.2, 0.25) is 11.8 Å². The van der Waals surface area contributed by atoms with Crippen LogP contribution in [0.1, 0.15) is 56.9 Å². The molecule has 0 saturated heterocycles. The van der Waals surface area contributed by atoms with E-state index in [4.69, 9.17) is 4.52 Å². The van der Waals surface area contributed by atoms with Crippen LogP contribution >= 0.6 is 0 Å². The summed E-state index contributed by atoms with van der Waals surface area (Å²) in [5.74, 6) is 1.11. The number of nitrogens with one attached hydrogen (secondary N) is 1. The highest BCUT2D eigenvalue weighted by molar-refractivity contribution is 5.78. The molecule has 2 rings (SSSR count). The van der Waals surface area contributed by atoms with Crippen molar-refractivity contribution in [3.8, 4) is 0 Å². The van der Waals surface area contributed by atoms with Crippen LogP contribution in [0.2, 0.25) is 0 Å². The number of carbonyl (C=O) groups is 1. The van der Waals surface area contributed by atoms with Gasteiger partial charge in [-0.05, 0) is 18.9 Å². The van der Waals surface area contributed by atoms with Crippen molar-refractivity contribution in [3.63, 3.8) is 0 Å². The number of amides is 1. The lowest BCUT2D eigenvalue weighted by molar-refractivity contribution is -0.125. The van der Waals surface area contributed by atoms with Crippen LogP contribution in [0.15, 0.2) is 34.9 Å². The van der Waals surface area contributed by atoms with E-state index in [0.717, 1.165) is 18.4 Å². The molecule has 0 radical (unpaired) electrons. The summed E-state index contributed by atoms with van der Waals surface area (Å²) in [6, 6.07) is 9.70. The molecule has 1 aromatic carbocycles. The topological polar surface area (TPSA) is 68.0 Å². The molecule has 1 heterocycles. The third-order valence-electron chi connectivity index (χ3n) is 3.60. The first-order valence-corrected chi connectivity index (χ1v) is 7.77. The molecule has 0 aliphatic heterocycles. The molecule has 118 valence electrons. The van der Waals surface area contributed by atoms with Crippen molar-refractivity contribution in [1.82, 2.24) is 15.5 Å². The maximum Gasteiger partial charge on any atom is 0.231 e. The fourth-order valence-corrected chi connectivity index (χ4v) is 2.27. The number of rotatable bonds is 7. The zero-order valence-corrected chi connectivity index (χ0v) is 13.4. The van der Waals surface area contributed by atoms with Crippen LogP contribution in [0.5, 0.6) is 0 Å². The van der Waals surface area contributed by atoms with Crippen LogP contribution in [-0.2, 0) is 11.2 Å². The van der Waals surface area contributed by atoms with E-state index in [2.05, 4.69) is 22.4 Å². The summed E-state index contributed by atoms with van der Waals surface area (Å²) in [5, 5.41) is 6.90. The van der Waals surface area contributed by atoms with Gasteiger partial charge in [-0.25, -0.2) is 0 Å². The molecule has 5 nitrogen and oxygen atoms in total. The number of hydrogen-bond donors (Lipinski definition) is 1. The van der Waals surface area contributed by atoms with Crippen LogP contribution in [0.25, 0.3) is 0 Å². The molecule has 2 atom stereocenters. The first-order chi connectivity index (χ1) is 10.6. The summed E-state index contributed by atoms with van der Waals surface area (Å²) in [7, 11) is 0. The Morgan fingerprint density at radius 2 is 2.00 bits per heavy atom. The van der Waals surface area contributed by atoms with Gasteiger partial charge in [0.05, 0.1) is 12.5 Å². The summed E-state index contributed by atoms with van der Waals surface area (Å²) < 4.78 is 5.27. The van der Waals surface area contributed by atoms with E-state index in [1.54, 1.807) is 0 Å². The van der Waals surface area contributed by atoms with E-state index in [0.29, 0.717) is 18.1 Å². The van der Waals surface area contributed by atoms with Crippen molar-refractivity contribution < 1.29 is 9.32 Å². The van der Waals surface area contributed by atoms with Gasteiger partial charge in [0.15, 0.2) is 5.82 Å². The zero-order chi connectivity index (χ0) is 15.9. The van der Waals surface area contributed by atoms with Crippen LogP contribution in [0.4, 0.5) is 0 Å². The van der Waals surface area contributed by atoms with E-state index in [1.807, 2.05) is 44.2 Å². The molecule has 5 heteroatoms. The molecule has 1 amide bonds. The Morgan fingerprint density at radius 1 is 1.27 bits per heavy atom. The van der Waals surface area contributed by atoms with E-state index >= 15 is 0 Å². The van der Waals surface area contributed by atoms with Gasteiger partial charge in [-0.1, -0.05) is 55.8 Å². The smallest absolute Gasteiger partial charge is 0.231 e. The monoisotopic (exact) mass is 301 g/mol. The van der Waals surface area contributed by atoms with Crippen LogP contribution in [0.3, 0.4) is 0 Å². The highest BCUT2D eigenvalue weighted by Crippen LogP contribution is 2.13. The normalized spacial score (nSPS) is 13.6. The van der Waals surface area contributed by atoms with Gasteiger partial charge in [0, 0.05) is 5.92 Å². The Bertz CT molecular complexity index is 595. The molecule has 22 heavy (non-hydrogen) atoms. The van der Waals surface area contributed by atoms with E-state index in [-0.39, 0.29) is 17.9 Å². The van der Waals surface area contributed by atoms with Gasteiger partial charge < -0.3 is 9.84 Å². The van der Waals surface area contributed by atoms with Crippen molar-refractivity contribution in [3.05, 3.63) is 47.6 Å². The van der Waals surface area contributed by atoms with Crippen molar-refractivity contribution in [2.45, 2.75) is 46.1 Å². The molecule has 0 bridgehead atoms. The number of carbonyl (C=O) groups excluding carboxylic acids is 1. The van der Waals surface area contributed by atoms with Gasteiger partial charge in [-0.2, -0.15) is 4.98 Å². The third kappa shape index (κ3) is 4.41. The molecule has 0 aliphatic carbocycles. The van der Waals surface area contributed by atoms with Crippen LogP contribution in [0, 0.1) is 5.92 Å². The predicted molar refractivity (Wildman–Crippen MR) is 84.2 cm³/mol. The van der Waals surface area contributed by atoms with Crippen LogP contribution < -0.4 is 5.32 Å². The second-order valence-electron chi connectivity index (χ2n) is 5.63. The van der Waals surface area contributed by atoms with E-state index in [9.17, 15) is 4.79 Å². The number of benzene rings is 1. The Balaban J connectivity index is 1.94. The summed E-state index contributed by atoms with van der Waals surface area (Å²) >= 11 is 0. The van der Waals surface area contributed by atoms with Gasteiger partial charge in [-0.3, -0.25) is 4.79 Å². The summed E-state index contributed by atoms with van der Waals surface area (Å²) in [4.78, 5) is 16.4. The average molecular weight is 301 g/mol. The highest BCUT2D eigenvalue weighted by Gasteiger charge is 2.19. The summed E-state index contributed by atoms with van der Waals surface area (Å²) in [6.07, 6.45) is 2.47. The molecular weight excluding hydrogens is 278 g/mol. The van der Waals surface area contributed by atoms with Crippen molar-refractivity contribution in [1.29, 1.82) is 0 Å². The largest absolute Gasteiger partial charge is 0.346 e. The quantitative estimate of drug-likeness (QED) is 0.852. The molecule has 1 N–H and O–H groups in total. The van der Waals surface area contributed by atoms with Crippen LogP contribution in [-0.4, -0.2) is 16.0 Å².